The van der Waals surface area contributed by atoms with Crippen LogP contribution in [0.15, 0.2) is 48.3 Å². The van der Waals surface area contributed by atoms with Crippen LogP contribution in [0.3, 0.4) is 0 Å². The predicted molar refractivity (Wildman–Crippen MR) is 85.7 cm³/mol. The summed E-state index contributed by atoms with van der Waals surface area (Å²) in [6.45, 7) is 0. The molecule has 0 unspecified atom stereocenters. The molecular formula is C15H14N4O5. The lowest BCUT2D eigenvalue weighted by Gasteiger charge is -2.33. The van der Waals surface area contributed by atoms with Crippen molar-refractivity contribution in [2.24, 2.45) is 5.73 Å². The number of benzene rings is 2. The number of fused-ring (bicyclic) bond motifs is 1. The minimum Gasteiger partial charge on any atom is -0.497 e. The largest absolute Gasteiger partial charge is 0.497 e. The summed E-state index contributed by atoms with van der Waals surface area (Å²) in [6, 6.07) is 10.1. The number of nitro groups is 1. The summed E-state index contributed by atoms with van der Waals surface area (Å²) in [4.78, 5) is 10.2. The molecule has 1 aliphatic rings. The van der Waals surface area contributed by atoms with Gasteiger partial charge in [-0.15, -0.1) is 0 Å². The third-order valence-corrected chi connectivity index (χ3v) is 3.67. The molecule has 0 amide bonds. The van der Waals surface area contributed by atoms with Crippen molar-refractivity contribution in [1.29, 1.82) is 0 Å². The van der Waals surface area contributed by atoms with E-state index in [9.17, 15) is 20.5 Å². The standard InChI is InChI=1S/C15H14N4O5/c1-24-11-6-7-12-13(8-11)17(20)14(15(16)18(12)21)9-2-4-10(5-3-9)19(22)23/h2-8,20-21H,16H2,1H3. The van der Waals surface area contributed by atoms with Crippen molar-refractivity contribution < 1.29 is 20.1 Å². The van der Waals surface area contributed by atoms with Gasteiger partial charge in [0.2, 0.25) is 0 Å². The van der Waals surface area contributed by atoms with Crippen molar-refractivity contribution in [2.45, 2.75) is 0 Å². The highest BCUT2D eigenvalue weighted by Crippen LogP contribution is 2.41. The molecule has 0 fully saturated rings. The minimum atomic E-state index is -0.530. The number of anilines is 2. The third-order valence-electron chi connectivity index (χ3n) is 3.67. The van der Waals surface area contributed by atoms with Gasteiger partial charge in [-0.2, -0.15) is 0 Å². The van der Waals surface area contributed by atoms with E-state index in [4.69, 9.17) is 10.5 Å². The molecule has 2 aromatic rings. The summed E-state index contributed by atoms with van der Waals surface area (Å²) >= 11 is 0. The Bertz CT molecular complexity index is 834. The molecule has 0 bridgehead atoms. The van der Waals surface area contributed by atoms with E-state index in [0.29, 0.717) is 11.3 Å². The van der Waals surface area contributed by atoms with E-state index < -0.39 is 4.92 Å². The van der Waals surface area contributed by atoms with E-state index in [1.807, 2.05) is 0 Å². The van der Waals surface area contributed by atoms with E-state index in [0.717, 1.165) is 10.1 Å². The van der Waals surface area contributed by atoms with Gasteiger partial charge >= 0.3 is 0 Å². The number of methoxy groups -OCH3 is 1. The first-order valence-corrected chi connectivity index (χ1v) is 6.84. The summed E-state index contributed by atoms with van der Waals surface area (Å²) in [7, 11) is 1.48. The molecule has 9 nitrogen and oxygen atoms in total. The maximum Gasteiger partial charge on any atom is 0.269 e. The van der Waals surface area contributed by atoms with Gasteiger partial charge in [-0.25, -0.2) is 10.1 Å². The van der Waals surface area contributed by atoms with Crippen molar-refractivity contribution in [2.75, 3.05) is 17.2 Å². The molecule has 3 rings (SSSR count). The second-order valence-electron chi connectivity index (χ2n) is 5.02. The average molecular weight is 330 g/mol. The van der Waals surface area contributed by atoms with E-state index in [1.54, 1.807) is 6.07 Å². The normalized spacial score (nSPS) is 13.8. The molecule has 24 heavy (non-hydrogen) atoms. The highest BCUT2D eigenvalue weighted by molar-refractivity contribution is 5.91. The number of hydroxylamine groups is 2. The third kappa shape index (κ3) is 2.37. The fraction of sp³-hybridized carbons (Fsp3) is 0.0667. The van der Waals surface area contributed by atoms with E-state index in [2.05, 4.69) is 0 Å². The Morgan fingerprint density at radius 1 is 1.08 bits per heavy atom. The summed E-state index contributed by atoms with van der Waals surface area (Å²) < 4.78 is 5.11. The maximum absolute atomic E-state index is 10.8. The second-order valence-corrected chi connectivity index (χ2v) is 5.02. The summed E-state index contributed by atoms with van der Waals surface area (Å²) in [6.07, 6.45) is 0. The molecule has 1 aliphatic heterocycles. The van der Waals surface area contributed by atoms with Gasteiger partial charge in [-0.05, 0) is 24.3 Å². The van der Waals surface area contributed by atoms with Crippen LogP contribution in [0.25, 0.3) is 5.70 Å². The summed E-state index contributed by atoms with van der Waals surface area (Å²) in [5, 5.41) is 33.1. The molecule has 0 aliphatic carbocycles. The molecule has 0 aromatic heterocycles. The van der Waals surface area contributed by atoms with Crippen molar-refractivity contribution in [3.8, 4) is 5.75 Å². The van der Waals surface area contributed by atoms with Crippen molar-refractivity contribution in [1.82, 2.24) is 0 Å². The number of non-ortho nitro benzene ring substituents is 1. The Morgan fingerprint density at radius 2 is 1.75 bits per heavy atom. The van der Waals surface area contributed by atoms with Gasteiger partial charge in [-0.1, -0.05) is 0 Å². The number of ether oxygens (including phenoxy) is 1. The van der Waals surface area contributed by atoms with Crippen LogP contribution < -0.4 is 20.6 Å². The number of hydrogen-bond acceptors (Lipinski definition) is 8. The van der Waals surface area contributed by atoms with Crippen LogP contribution in [0.5, 0.6) is 5.75 Å². The highest BCUT2D eigenvalue weighted by Gasteiger charge is 2.30. The van der Waals surface area contributed by atoms with Crippen LogP contribution in [0.1, 0.15) is 5.56 Å². The summed E-state index contributed by atoms with van der Waals surface area (Å²) in [5.74, 6) is 0.355. The zero-order valence-corrected chi connectivity index (χ0v) is 12.6. The minimum absolute atomic E-state index is 0.0909. The second kappa shape index (κ2) is 5.72. The van der Waals surface area contributed by atoms with Crippen LogP contribution in [0, 0.1) is 10.1 Å². The van der Waals surface area contributed by atoms with Crippen molar-refractivity contribution >= 4 is 22.8 Å². The Kier molecular flexibility index (Phi) is 3.72. The number of rotatable bonds is 3. The van der Waals surface area contributed by atoms with Gasteiger partial charge < -0.3 is 10.5 Å². The van der Waals surface area contributed by atoms with Crippen LogP contribution in [-0.4, -0.2) is 22.4 Å². The average Bonchev–Trinajstić information content (AvgIpc) is 2.60. The van der Waals surface area contributed by atoms with Gasteiger partial charge in [0.15, 0.2) is 5.82 Å². The fourth-order valence-electron chi connectivity index (χ4n) is 2.45. The molecule has 0 spiro atoms. The molecule has 0 saturated carbocycles. The maximum atomic E-state index is 10.8. The molecule has 124 valence electrons. The first-order valence-electron chi connectivity index (χ1n) is 6.84. The van der Waals surface area contributed by atoms with Crippen LogP contribution in [0.4, 0.5) is 17.1 Å². The van der Waals surface area contributed by atoms with E-state index in [1.165, 1.54) is 43.5 Å². The Balaban J connectivity index is 2.10. The Labute approximate surface area is 136 Å². The highest BCUT2D eigenvalue weighted by atomic mass is 16.6. The van der Waals surface area contributed by atoms with Gasteiger partial charge in [0.1, 0.15) is 11.4 Å². The van der Waals surface area contributed by atoms with Crippen LogP contribution >= 0.6 is 0 Å². The van der Waals surface area contributed by atoms with Crippen LogP contribution in [-0.2, 0) is 0 Å². The SMILES string of the molecule is COc1ccc2c(c1)N(O)C(c1ccc([N+](=O)[O-])cc1)=C(N)N2O. The molecule has 1 heterocycles. The van der Waals surface area contributed by atoms with Crippen LogP contribution in [0.2, 0.25) is 0 Å². The zero-order chi connectivity index (χ0) is 17.4. The molecular weight excluding hydrogens is 316 g/mol. The predicted octanol–water partition coefficient (Wildman–Crippen LogP) is 2.29. The number of hydrogen-bond donors (Lipinski definition) is 3. The molecule has 0 atom stereocenters. The lowest BCUT2D eigenvalue weighted by molar-refractivity contribution is -0.384. The number of nitro benzene ring substituents is 1. The smallest absolute Gasteiger partial charge is 0.269 e. The lowest BCUT2D eigenvalue weighted by Crippen LogP contribution is -2.35. The quantitative estimate of drug-likeness (QED) is 0.578. The fourth-order valence-corrected chi connectivity index (χ4v) is 2.45. The first kappa shape index (κ1) is 15.6. The summed E-state index contributed by atoms with van der Waals surface area (Å²) in [5.41, 5.74) is 6.82. The van der Waals surface area contributed by atoms with Gasteiger partial charge in [0.05, 0.1) is 23.4 Å². The molecule has 0 saturated heterocycles. The van der Waals surface area contributed by atoms with E-state index in [-0.39, 0.29) is 28.6 Å². The Morgan fingerprint density at radius 3 is 2.33 bits per heavy atom. The number of nitrogens with zero attached hydrogens (tertiary/aromatic N) is 3. The van der Waals surface area contributed by atoms with Gasteiger partial charge in [0, 0.05) is 23.8 Å². The molecule has 2 aromatic carbocycles. The van der Waals surface area contributed by atoms with E-state index >= 15 is 0 Å². The van der Waals surface area contributed by atoms with Gasteiger partial charge in [0.25, 0.3) is 5.69 Å². The molecule has 4 N–H and O–H groups in total. The first-order chi connectivity index (χ1) is 11.4. The van der Waals surface area contributed by atoms with Crippen molar-refractivity contribution in [3.63, 3.8) is 0 Å². The van der Waals surface area contributed by atoms with Crippen molar-refractivity contribution in [3.05, 3.63) is 64.0 Å². The monoisotopic (exact) mass is 330 g/mol. The molecule has 0 radical (unpaired) electrons. The lowest BCUT2D eigenvalue weighted by atomic mass is 10.1. The van der Waals surface area contributed by atoms with Gasteiger partial charge in [-0.3, -0.25) is 20.5 Å². The number of nitrogens with two attached hydrogens (primary N) is 1. The molecule has 9 heteroatoms. The topological polar surface area (TPSA) is 125 Å². The Hall–Kier alpha value is -3.30. The zero-order valence-electron chi connectivity index (χ0n) is 12.6.